The number of aromatic hydroxyl groups is 1. The average molecular weight is 202 g/mol. The fourth-order valence-corrected chi connectivity index (χ4v) is 1.21. The molecular formula is C11H10N2O2. The Bertz CT molecular complexity index is 437. The Kier molecular flexibility index (Phi) is 2.49. The number of rotatable bonds is 2. The summed E-state index contributed by atoms with van der Waals surface area (Å²) >= 11 is 0. The molecule has 0 aliphatic carbocycles. The molecule has 0 aliphatic rings. The molecular weight excluding hydrogens is 192 g/mol. The number of nitrogens with zero attached hydrogens (tertiary/aromatic N) is 2. The van der Waals surface area contributed by atoms with Crippen molar-refractivity contribution >= 4 is 0 Å². The molecule has 1 N–H and O–H groups in total. The highest BCUT2D eigenvalue weighted by Gasteiger charge is 2.00. The lowest BCUT2D eigenvalue weighted by Gasteiger charge is -2.01. The van der Waals surface area contributed by atoms with Crippen molar-refractivity contribution in [3.05, 3.63) is 36.7 Å². The van der Waals surface area contributed by atoms with Crippen LogP contribution in [0, 0.1) is 0 Å². The van der Waals surface area contributed by atoms with Gasteiger partial charge in [-0.05, 0) is 18.2 Å². The van der Waals surface area contributed by atoms with Crippen LogP contribution in [-0.4, -0.2) is 22.2 Å². The fraction of sp³-hybridized carbons (Fsp3) is 0.0909. The van der Waals surface area contributed by atoms with Crippen LogP contribution in [0.3, 0.4) is 0 Å². The van der Waals surface area contributed by atoms with Crippen molar-refractivity contribution in [1.82, 2.24) is 9.97 Å². The van der Waals surface area contributed by atoms with E-state index in [4.69, 9.17) is 9.84 Å². The van der Waals surface area contributed by atoms with Crippen molar-refractivity contribution < 1.29 is 9.84 Å². The zero-order chi connectivity index (χ0) is 10.7. The molecule has 15 heavy (non-hydrogen) atoms. The van der Waals surface area contributed by atoms with E-state index in [1.54, 1.807) is 31.5 Å². The Balaban J connectivity index is 2.33. The minimum absolute atomic E-state index is 0.153. The predicted octanol–water partition coefficient (Wildman–Crippen LogP) is 1.86. The van der Waals surface area contributed by atoms with Gasteiger partial charge in [-0.25, -0.2) is 4.98 Å². The van der Waals surface area contributed by atoms with Gasteiger partial charge in [-0.1, -0.05) is 0 Å². The van der Waals surface area contributed by atoms with E-state index in [0.717, 1.165) is 11.3 Å². The first-order valence-electron chi connectivity index (χ1n) is 4.45. The molecule has 0 spiro atoms. The van der Waals surface area contributed by atoms with Gasteiger partial charge < -0.3 is 9.84 Å². The Labute approximate surface area is 87.2 Å². The van der Waals surface area contributed by atoms with Gasteiger partial charge >= 0.3 is 0 Å². The molecule has 0 radical (unpaired) electrons. The van der Waals surface area contributed by atoms with Gasteiger partial charge in [-0.15, -0.1) is 0 Å². The van der Waals surface area contributed by atoms with Crippen LogP contribution in [0.5, 0.6) is 11.6 Å². The van der Waals surface area contributed by atoms with Crippen molar-refractivity contribution in [1.29, 1.82) is 0 Å². The summed E-state index contributed by atoms with van der Waals surface area (Å²) in [5, 5.41) is 9.09. The monoisotopic (exact) mass is 202 g/mol. The quantitative estimate of drug-likeness (QED) is 0.807. The van der Waals surface area contributed by atoms with E-state index in [0.29, 0.717) is 5.88 Å². The van der Waals surface area contributed by atoms with E-state index in [1.165, 1.54) is 6.20 Å². The van der Waals surface area contributed by atoms with Gasteiger partial charge in [0.25, 0.3) is 0 Å². The summed E-state index contributed by atoms with van der Waals surface area (Å²) in [4.78, 5) is 8.14. The maximum absolute atomic E-state index is 9.09. The van der Waals surface area contributed by atoms with Gasteiger partial charge in [0.1, 0.15) is 5.75 Å². The third-order valence-corrected chi connectivity index (χ3v) is 1.99. The Morgan fingerprint density at radius 1 is 1.07 bits per heavy atom. The third-order valence-electron chi connectivity index (χ3n) is 1.99. The minimum atomic E-state index is 0.153. The predicted molar refractivity (Wildman–Crippen MR) is 55.7 cm³/mol. The normalized spacial score (nSPS) is 9.93. The molecule has 0 atom stereocenters. The molecule has 4 nitrogen and oxygen atoms in total. The zero-order valence-electron chi connectivity index (χ0n) is 8.21. The first-order chi connectivity index (χ1) is 7.29. The van der Waals surface area contributed by atoms with Gasteiger partial charge in [0.05, 0.1) is 19.0 Å². The number of methoxy groups -OCH3 is 1. The molecule has 0 fully saturated rings. The Morgan fingerprint density at radius 3 is 2.47 bits per heavy atom. The van der Waals surface area contributed by atoms with Gasteiger partial charge in [0.15, 0.2) is 0 Å². The molecule has 2 aromatic rings. The lowest BCUT2D eigenvalue weighted by molar-refractivity contribution is 0.398. The highest BCUT2D eigenvalue weighted by atomic mass is 16.5. The molecule has 4 heteroatoms. The molecule has 2 heterocycles. The number of aromatic nitrogens is 2. The van der Waals surface area contributed by atoms with Gasteiger partial charge in [0.2, 0.25) is 5.88 Å². The molecule has 0 bridgehead atoms. The Morgan fingerprint density at radius 2 is 1.93 bits per heavy atom. The molecule has 0 saturated heterocycles. The second-order valence-electron chi connectivity index (χ2n) is 2.99. The van der Waals surface area contributed by atoms with E-state index in [2.05, 4.69) is 9.97 Å². The average Bonchev–Trinajstić information content (AvgIpc) is 2.30. The molecule has 2 aromatic heterocycles. The summed E-state index contributed by atoms with van der Waals surface area (Å²) in [6.07, 6.45) is 3.08. The first kappa shape index (κ1) is 9.45. The van der Waals surface area contributed by atoms with Crippen molar-refractivity contribution in [2.75, 3.05) is 7.11 Å². The van der Waals surface area contributed by atoms with E-state index in [9.17, 15) is 0 Å². The van der Waals surface area contributed by atoms with Crippen LogP contribution < -0.4 is 4.74 Å². The number of ether oxygens (including phenoxy) is 1. The van der Waals surface area contributed by atoms with E-state index in [1.807, 2.05) is 6.07 Å². The smallest absolute Gasteiger partial charge is 0.212 e. The third kappa shape index (κ3) is 2.04. The fourth-order valence-electron chi connectivity index (χ4n) is 1.21. The number of hydrogen-bond acceptors (Lipinski definition) is 4. The van der Waals surface area contributed by atoms with Crippen molar-refractivity contribution in [2.24, 2.45) is 0 Å². The summed E-state index contributed by atoms with van der Waals surface area (Å²) < 4.78 is 4.95. The molecule has 0 aliphatic heterocycles. The van der Waals surface area contributed by atoms with Crippen LogP contribution in [0.1, 0.15) is 0 Å². The molecule has 0 saturated carbocycles. The number of pyridine rings is 2. The lowest BCUT2D eigenvalue weighted by Crippen LogP contribution is -1.88. The maximum atomic E-state index is 9.09. The minimum Gasteiger partial charge on any atom is -0.506 e. The second kappa shape index (κ2) is 3.96. The maximum Gasteiger partial charge on any atom is 0.212 e. The summed E-state index contributed by atoms with van der Waals surface area (Å²) in [7, 11) is 1.57. The van der Waals surface area contributed by atoms with Crippen LogP contribution in [0.15, 0.2) is 36.7 Å². The molecule has 0 aromatic carbocycles. The topological polar surface area (TPSA) is 55.2 Å². The van der Waals surface area contributed by atoms with Crippen LogP contribution in [-0.2, 0) is 0 Å². The van der Waals surface area contributed by atoms with Crippen LogP contribution in [0.2, 0.25) is 0 Å². The highest BCUT2D eigenvalue weighted by molar-refractivity contribution is 5.58. The molecule has 2 rings (SSSR count). The van der Waals surface area contributed by atoms with Gasteiger partial charge in [0, 0.05) is 17.8 Å². The largest absolute Gasteiger partial charge is 0.506 e. The zero-order valence-corrected chi connectivity index (χ0v) is 8.21. The molecule has 0 amide bonds. The summed E-state index contributed by atoms with van der Waals surface area (Å²) in [6.45, 7) is 0. The van der Waals surface area contributed by atoms with Crippen molar-refractivity contribution in [2.45, 2.75) is 0 Å². The van der Waals surface area contributed by atoms with Crippen LogP contribution >= 0.6 is 0 Å². The second-order valence-corrected chi connectivity index (χ2v) is 2.99. The van der Waals surface area contributed by atoms with Crippen LogP contribution in [0.25, 0.3) is 11.3 Å². The molecule has 76 valence electrons. The lowest BCUT2D eigenvalue weighted by atomic mass is 10.2. The summed E-state index contributed by atoms with van der Waals surface area (Å²) in [6, 6.07) is 6.96. The SMILES string of the molecule is COc1ccc(-c2ccc(O)cn2)cn1. The van der Waals surface area contributed by atoms with Gasteiger partial charge in [-0.3, -0.25) is 4.98 Å². The molecule has 0 unspecified atom stereocenters. The van der Waals surface area contributed by atoms with Crippen LogP contribution in [0.4, 0.5) is 0 Å². The first-order valence-corrected chi connectivity index (χ1v) is 4.45. The van der Waals surface area contributed by atoms with E-state index < -0.39 is 0 Å². The van der Waals surface area contributed by atoms with Gasteiger partial charge in [-0.2, -0.15) is 0 Å². The number of hydrogen-bond donors (Lipinski definition) is 1. The van der Waals surface area contributed by atoms with Crippen molar-refractivity contribution in [3.8, 4) is 22.9 Å². The van der Waals surface area contributed by atoms with Crippen molar-refractivity contribution in [3.63, 3.8) is 0 Å². The summed E-state index contributed by atoms with van der Waals surface area (Å²) in [5.41, 5.74) is 1.65. The standard InChI is InChI=1S/C11H10N2O2/c1-15-11-5-2-8(6-13-11)10-4-3-9(14)7-12-10/h2-7,14H,1H3. The van der Waals surface area contributed by atoms with E-state index >= 15 is 0 Å². The van der Waals surface area contributed by atoms with E-state index in [-0.39, 0.29) is 5.75 Å². The summed E-state index contributed by atoms with van der Waals surface area (Å²) in [5.74, 6) is 0.720. The highest BCUT2D eigenvalue weighted by Crippen LogP contribution is 2.19. The Hall–Kier alpha value is -2.10.